The van der Waals surface area contributed by atoms with Gasteiger partial charge in [-0.3, -0.25) is 4.79 Å². The monoisotopic (exact) mass is 445 g/mol. The highest BCUT2D eigenvalue weighted by Crippen LogP contribution is 2.39. The van der Waals surface area contributed by atoms with Gasteiger partial charge in [0.25, 0.3) is 5.56 Å². The van der Waals surface area contributed by atoms with Gasteiger partial charge in [0.2, 0.25) is 0 Å². The first kappa shape index (κ1) is 20.1. The molecular formula is C25H27N5O3. The Morgan fingerprint density at radius 2 is 1.79 bits per heavy atom. The molecule has 3 N–H and O–H groups in total. The second-order valence-electron chi connectivity index (χ2n) is 8.95. The summed E-state index contributed by atoms with van der Waals surface area (Å²) in [6, 6.07) is 11.8. The topological polar surface area (TPSA) is 95.3 Å². The molecule has 2 aromatic carbocycles. The van der Waals surface area contributed by atoms with Gasteiger partial charge in [0, 0.05) is 24.0 Å². The fourth-order valence-electron chi connectivity index (χ4n) is 5.38. The standard InChI is InChI=1S/C25H27N5O3/c1-32-20-11-15-18(12-21(20)33-2)29-25(31)22(24-27-16-5-3-4-6-17(16)28-24)23(15)26-19-13-30-9-7-14(19)8-10-30/h3-6,11-12,14,19H,7-10,13H2,1-2H3,(H,27,28)(H2,26,29,31)/t19-/m0/s1. The number of nitrogens with one attached hydrogen (secondary N) is 3. The third kappa shape index (κ3) is 3.33. The summed E-state index contributed by atoms with van der Waals surface area (Å²) < 4.78 is 11.1. The third-order valence-corrected chi connectivity index (χ3v) is 7.13. The number of anilines is 1. The number of nitrogens with zero attached hydrogens (tertiary/aromatic N) is 2. The number of H-pyrrole nitrogens is 2. The molecule has 7 rings (SSSR count). The van der Waals surface area contributed by atoms with Gasteiger partial charge in [-0.1, -0.05) is 12.1 Å². The van der Waals surface area contributed by atoms with E-state index in [9.17, 15) is 4.79 Å². The fourth-order valence-corrected chi connectivity index (χ4v) is 5.38. The summed E-state index contributed by atoms with van der Waals surface area (Å²) in [6.45, 7) is 3.28. The minimum atomic E-state index is -0.197. The average molecular weight is 446 g/mol. The summed E-state index contributed by atoms with van der Waals surface area (Å²) in [6.07, 6.45) is 2.35. The Balaban J connectivity index is 1.58. The van der Waals surface area contributed by atoms with Crippen LogP contribution >= 0.6 is 0 Å². The summed E-state index contributed by atoms with van der Waals surface area (Å²) in [7, 11) is 3.22. The Bertz CT molecular complexity index is 1370. The lowest BCUT2D eigenvalue weighted by Gasteiger charge is -2.45. The Kier molecular flexibility index (Phi) is 4.76. The van der Waals surface area contributed by atoms with Crippen LogP contribution in [0.5, 0.6) is 11.5 Å². The largest absolute Gasteiger partial charge is 0.493 e. The molecule has 3 fully saturated rings. The van der Waals surface area contributed by atoms with Crippen molar-refractivity contribution < 1.29 is 9.47 Å². The summed E-state index contributed by atoms with van der Waals surface area (Å²) >= 11 is 0. The molecule has 2 bridgehead atoms. The molecule has 8 nitrogen and oxygen atoms in total. The Morgan fingerprint density at radius 1 is 1.03 bits per heavy atom. The number of para-hydroxylation sites is 2. The molecule has 3 aliphatic heterocycles. The number of aromatic nitrogens is 3. The van der Waals surface area contributed by atoms with Crippen LogP contribution in [-0.2, 0) is 0 Å². The van der Waals surface area contributed by atoms with Gasteiger partial charge in [-0.05, 0) is 50.0 Å². The molecule has 0 aliphatic carbocycles. The van der Waals surface area contributed by atoms with Gasteiger partial charge in [0.05, 0.1) is 36.5 Å². The number of methoxy groups -OCH3 is 2. The Morgan fingerprint density at radius 3 is 2.48 bits per heavy atom. The first-order valence-electron chi connectivity index (χ1n) is 11.4. The molecule has 3 saturated heterocycles. The van der Waals surface area contributed by atoms with Crippen molar-refractivity contribution in [2.45, 2.75) is 18.9 Å². The molecule has 0 spiro atoms. The maximum atomic E-state index is 13.4. The first-order chi connectivity index (χ1) is 16.1. The van der Waals surface area contributed by atoms with E-state index in [0.29, 0.717) is 34.3 Å². The van der Waals surface area contributed by atoms with E-state index in [-0.39, 0.29) is 11.6 Å². The van der Waals surface area contributed by atoms with E-state index in [4.69, 9.17) is 14.5 Å². The molecule has 0 unspecified atom stereocenters. The highest BCUT2D eigenvalue weighted by Gasteiger charge is 2.35. The van der Waals surface area contributed by atoms with Crippen molar-refractivity contribution in [2.24, 2.45) is 5.92 Å². The number of benzene rings is 2. The summed E-state index contributed by atoms with van der Waals surface area (Å²) in [5, 5.41) is 4.65. The molecule has 0 radical (unpaired) electrons. The molecule has 3 aliphatic rings. The molecular weight excluding hydrogens is 418 g/mol. The van der Waals surface area contributed by atoms with E-state index in [0.717, 1.165) is 41.7 Å². The lowest BCUT2D eigenvalue weighted by Crippen LogP contribution is -2.53. The zero-order chi connectivity index (χ0) is 22.5. The van der Waals surface area contributed by atoms with Gasteiger partial charge < -0.3 is 29.7 Å². The van der Waals surface area contributed by atoms with E-state index < -0.39 is 0 Å². The van der Waals surface area contributed by atoms with Crippen LogP contribution in [0.3, 0.4) is 0 Å². The third-order valence-electron chi connectivity index (χ3n) is 7.13. The number of hydrogen-bond donors (Lipinski definition) is 3. The number of pyridine rings is 1. The predicted molar refractivity (Wildman–Crippen MR) is 129 cm³/mol. The minimum absolute atomic E-state index is 0.197. The number of rotatable bonds is 5. The van der Waals surface area contributed by atoms with Crippen molar-refractivity contribution in [1.29, 1.82) is 0 Å². The van der Waals surface area contributed by atoms with Crippen LogP contribution in [0.2, 0.25) is 0 Å². The number of ether oxygens (including phenoxy) is 2. The van der Waals surface area contributed by atoms with Crippen LogP contribution < -0.4 is 20.3 Å². The van der Waals surface area contributed by atoms with Crippen molar-refractivity contribution in [1.82, 2.24) is 19.9 Å². The predicted octanol–water partition coefficient (Wildman–Crippen LogP) is 3.59. The van der Waals surface area contributed by atoms with E-state index in [2.05, 4.69) is 20.2 Å². The molecule has 170 valence electrons. The Labute approximate surface area is 190 Å². The smallest absolute Gasteiger partial charge is 0.261 e. The lowest BCUT2D eigenvalue weighted by molar-refractivity contribution is 0.0976. The first-order valence-corrected chi connectivity index (χ1v) is 11.4. The van der Waals surface area contributed by atoms with Crippen molar-refractivity contribution in [3.8, 4) is 22.9 Å². The van der Waals surface area contributed by atoms with Gasteiger partial charge in [-0.25, -0.2) is 4.98 Å². The van der Waals surface area contributed by atoms with Crippen molar-refractivity contribution in [3.05, 3.63) is 46.8 Å². The average Bonchev–Trinajstić information content (AvgIpc) is 3.27. The van der Waals surface area contributed by atoms with E-state index in [1.165, 1.54) is 12.8 Å². The molecule has 2 aromatic heterocycles. The van der Waals surface area contributed by atoms with Crippen molar-refractivity contribution in [2.75, 3.05) is 39.2 Å². The number of fused-ring (bicyclic) bond motifs is 5. The maximum absolute atomic E-state index is 13.4. The number of hydrogen-bond acceptors (Lipinski definition) is 6. The quantitative estimate of drug-likeness (QED) is 0.435. The maximum Gasteiger partial charge on any atom is 0.261 e. The highest BCUT2D eigenvalue weighted by molar-refractivity contribution is 6.00. The Hall–Kier alpha value is -3.52. The zero-order valence-electron chi connectivity index (χ0n) is 18.8. The van der Waals surface area contributed by atoms with Gasteiger partial charge in [0.15, 0.2) is 11.5 Å². The fraction of sp³-hybridized carbons (Fsp3) is 0.360. The summed E-state index contributed by atoms with van der Waals surface area (Å²) in [5.74, 6) is 2.33. The van der Waals surface area contributed by atoms with Crippen LogP contribution in [-0.4, -0.2) is 59.7 Å². The molecule has 33 heavy (non-hydrogen) atoms. The van der Waals surface area contributed by atoms with Crippen LogP contribution in [0.1, 0.15) is 12.8 Å². The van der Waals surface area contributed by atoms with Crippen LogP contribution in [0.4, 0.5) is 5.69 Å². The van der Waals surface area contributed by atoms with Crippen molar-refractivity contribution in [3.63, 3.8) is 0 Å². The number of imidazole rings is 1. The highest BCUT2D eigenvalue weighted by atomic mass is 16.5. The van der Waals surface area contributed by atoms with Crippen LogP contribution in [0.15, 0.2) is 41.2 Å². The molecule has 4 aromatic rings. The summed E-state index contributed by atoms with van der Waals surface area (Å²) in [5.41, 5.74) is 3.52. The number of piperidine rings is 3. The van der Waals surface area contributed by atoms with Gasteiger partial charge in [-0.2, -0.15) is 0 Å². The minimum Gasteiger partial charge on any atom is -0.493 e. The van der Waals surface area contributed by atoms with E-state index >= 15 is 0 Å². The lowest BCUT2D eigenvalue weighted by atomic mass is 9.83. The second-order valence-corrected chi connectivity index (χ2v) is 8.95. The molecule has 0 saturated carbocycles. The molecule has 0 amide bonds. The molecule has 1 atom stereocenters. The van der Waals surface area contributed by atoms with Gasteiger partial charge >= 0.3 is 0 Å². The molecule has 5 heterocycles. The van der Waals surface area contributed by atoms with Gasteiger partial charge in [0.1, 0.15) is 11.4 Å². The summed E-state index contributed by atoms with van der Waals surface area (Å²) in [4.78, 5) is 27.1. The van der Waals surface area contributed by atoms with Crippen molar-refractivity contribution >= 4 is 27.6 Å². The van der Waals surface area contributed by atoms with Crippen LogP contribution in [0, 0.1) is 5.92 Å². The number of aromatic amines is 2. The SMILES string of the molecule is COc1cc2[nH]c(=O)c(-c3nc4ccccc4[nH]3)c(N[C@H]3CN4CCC3CC4)c2cc1OC. The zero-order valence-corrected chi connectivity index (χ0v) is 18.8. The van der Waals surface area contributed by atoms with E-state index in [1.54, 1.807) is 14.2 Å². The van der Waals surface area contributed by atoms with E-state index in [1.807, 2.05) is 36.4 Å². The van der Waals surface area contributed by atoms with Gasteiger partial charge in [-0.15, -0.1) is 0 Å². The van der Waals surface area contributed by atoms with Crippen LogP contribution in [0.25, 0.3) is 33.3 Å². The molecule has 8 heteroatoms. The second kappa shape index (κ2) is 7.81. The normalized spacial score (nSPS) is 22.1.